The number of carbonyl (C=O) groups excluding carboxylic acids is 2. The monoisotopic (exact) mass is 536 g/mol. The van der Waals surface area contributed by atoms with Crippen LogP contribution in [0.4, 0.5) is 5.13 Å². The number of aliphatic hydroxyl groups is 1. The van der Waals surface area contributed by atoms with Crippen LogP contribution in [0, 0.1) is 0 Å². The quantitative estimate of drug-likeness (QED) is 0.182. The van der Waals surface area contributed by atoms with Crippen molar-refractivity contribution in [1.29, 1.82) is 0 Å². The third kappa shape index (κ3) is 3.75. The average molecular weight is 537 g/mol. The number of nitrogens with zero attached hydrogens (tertiary/aromatic N) is 2. The molecule has 6 rings (SSSR count). The Kier molecular flexibility index (Phi) is 5.52. The molecule has 180 valence electrons. The van der Waals surface area contributed by atoms with Gasteiger partial charge in [0.15, 0.2) is 5.13 Å². The Morgan fingerprint density at radius 3 is 2.69 bits per heavy atom. The Morgan fingerprint density at radius 1 is 1.08 bits per heavy atom. The summed E-state index contributed by atoms with van der Waals surface area (Å²) in [6.45, 7) is 1.97. The first-order valence-corrected chi connectivity index (χ1v) is 12.8. The number of ketones is 1. The van der Waals surface area contributed by atoms with Gasteiger partial charge in [0.2, 0.25) is 0 Å². The van der Waals surface area contributed by atoms with Gasteiger partial charge in [-0.2, -0.15) is 0 Å². The number of anilines is 1. The summed E-state index contributed by atoms with van der Waals surface area (Å²) in [6, 6.07) is 16.5. The number of hydrogen-bond donors (Lipinski definition) is 1. The molecule has 2 aliphatic rings. The third-order valence-corrected chi connectivity index (χ3v) is 7.81. The maximum atomic E-state index is 13.4. The van der Waals surface area contributed by atoms with Crippen molar-refractivity contribution >= 4 is 67.3 Å². The number of aliphatic hydroxyl groups excluding tert-OH is 1. The molecule has 36 heavy (non-hydrogen) atoms. The average Bonchev–Trinajstić information content (AvgIpc) is 3.50. The molecule has 0 bridgehead atoms. The lowest BCUT2D eigenvalue weighted by Crippen LogP contribution is -2.29. The molecule has 0 saturated carbocycles. The first-order chi connectivity index (χ1) is 17.3. The molecule has 6 nitrogen and oxygen atoms in total. The van der Waals surface area contributed by atoms with E-state index in [0.717, 1.165) is 16.0 Å². The van der Waals surface area contributed by atoms with E-state index in [2.05, 4.69) is 4.98 Å². The van der Waals surface area contributed by atoms with Crippen LogP contribution >= 0.6 is 34.5 Å². The zero-order valence-corrected chi connectivity index (χ0v) is 21.2. The van der Waals surface area contributed by atoms with Gasteiger partial charge >= 0.3 is 5.91 Å². The van der Waals surface area contributed by atoms with Crippen molar-refractivity contribution < 1.29 is 19.4 Å². The van der Waals surface area contributed by atoms with Gasteiger partial charge in [0.25, 0.3) is 5.78 Å². The molecule has 1 fully saturated rings. The first-order valence-electron chi connectivity index (χ1n) is 11.2. The molecule has 0 spiro atoms. The molecule has 9 heteroatoms. The summed E-state index contributed by atoms with van der Waals surface area (Å²) < 4.78 is 6.54. The van der Waals surface area contributed by atoms with Gasteiger partial charge in [-0.1, -0.05) is 46.7 Å². The van der Waals surface area contributed by atoms with E-state index in [0.29, 0.717) is 38.2 Å². The fourth-order valence-electron chi connectivity index (χ4n) is 4.74. The molecule has 1 N–H and O–H groups in total. The number of hydrogen-bond acceptors (Lipinski definition) is 6. The standard InChI is InChI=1S/C27H18Cl2N2O4S/c1-13-9-16-10-15(5-8-20(16)35-13)24(32)22-23(14-3-2-4-17(28)11-14)31(26(34)25(22)33)27-30-19-7-6-18(29)12-21(19)36-27/h2-8,10-13,23,32H,9H2,1H3/t13-,23+/m0/s1. The van der Waals surface area contributed by atoms with Crippen LogP contribution in [0.3, 0.4) is 0 Å². The number of ether oxygens (including phenoxy) is 1. The summed E-state index contributed by atoms with van der Waals surface area (Å²) in [5.41, 5.74) is 2.58. The number of thiazole rings is 1. The van der Waals surface area contributed by atoms with E-state index in [4.69, 9.17) is 27.9 Å². The van der Waals surface area contributed by atoms with E-state index in [1.165, 1.54) is 16.2 Å². The number of Topliss-reactive ketones (excluding diaryl/α,β-unsaturated/α-hetero) is 1. The zero-order chi connectivity index (χ0) is 25.1. The normalized spacial score (nSPS) is 20.7. The van der Waals surface area contributed by atoms with Crippen molar-refractivity contribution in [2.24, 2.45) is 0 Å². The molecule has 0 aliphatic carbocycles. The molecule has 1 amide bonds. The summed E-state index contributed by atoms with van der Waals surface area (Å²) in [7, 11) is 0. The van der Waals surface area contributed by atoms with Gasteiger partial charge in [-0.15, -0.1) is 0 Å². The fraction of sp³-hybridized carbons (Fsp3) is 0.148. The van der Waals surface area contributed by atoms with Crippen LogP contribution in [0.25, 0.3) is 16.0 Å². The van der Waals surface area contributed by atoms with E-state index in [1.807, 2.05) is 6.92 Å². The van der Waals surface area contributed by atoms with Gasteiger partial charge < -0.3 is 9.84 Å². The molecule has 4 aromatic rings. The molecule has 0 radical (unpaired) electrons. The SMILES string of the molecule is C[C@H]1Cc2cc(C(O)=C3C(=O)C(=O)N(c4nc5ccc(Cl)cc5s4)[C@@H]3c3cccc(Cl)c3)ccc2O1. The summed E-state index contributed by atoms with van der Waals surface area (Å²) in [5, 5.41) is 12.7. The summed E-state index contributed by atoms with van der Waals surface area (Å²) in [6.07, 6.45) is 0.721. The predicted octanol–water partition coefficient (Wildman–Crippen LogP) is 6.55. The van der Waals surface area contributed by atoms with Crippen LogP contribution < -0.4 is 9.64 Å². The highest BCUT2D eigenvalue weighted by Gasteiger charge is 2.48. The number of fused-ring (bicyclic) bond motifs is 2. The molecule has 2 aliphatic heterocycles. The summed E-state index contributed by atoms with van der Waals surface area (Å²) >= 11 is 13.7. The Labute approximate surface area is 220 Å². The van der Waals surface area contributed by atoms with Gasteiger partial charge in [0.05, 0.1) is 21.8 Å². The van der Waals surface area contributed by atoms with Crippen molar-refractivity contribution in [3.05, 3.63) is 93.0 Å². The Balaban J connectivity index is 1.54. The van der Waals surface area contributed by atoms with Crippen LogP contribution in [-0.2, 0) is 16.0 Å². The Hall–Kier alpha value is -3.39. The molecule has 1 aromatic heterocycles. The Morgan fingerprint density at radius 2 is 1.89 bits per heavy atom. The minimum absolute atomic E-state index is 0.0218. The number of amides is 1. The maximum absolute atomic E-state index is 13.4. The highest BCUT2D eigenvalue weighted by Crippen LogP contribution is 2.45. The summed E-state index contributed by atoms with van der Waals surface area (Å²) in [5.74, 6) is -1.07. The highest BCUT2D eigenvalue weighted by atomic mass is 35.5. The van der Waals surface area contributed by atoms with Gasteiger partial charge in [0.1, 0.15) is 17.6 Å². The van der Waals surface area contributed by atoms with Crippen molar-refractivity contribution in [2.45, 2.75) is 25.5 Å². The van der Waals surface area contributed by atoms with E-state index in [9.17, 15) is 14.7 Å². The minimum atomic E-state index is -0.914. The van der Waals surface area contributed by atoms with Crippen molar-refractivity contribution in [2.75, 3.05) is 4.90 Å². The lowest BCUT2D eigenvalue weighted by atomic mass is 9.94. The largest absolute Gasteiger partial charge is 0.507 e. The fourth-order valence-corrected chi connectivity index (χ4v) is 6.20. The van der Waals surface area contributed by atoms with E-state index in [1.54, 1.807) is 60.7 Å². The number of carbonyl (C=O) groups is 2. The third-order valence-electron chi connectivity index (χ3n) is 6.32. The molecule has 2 atom stereocenters. The van der Waals surface area contributed by atoms with E-state index in [-0.39, 0.29) is 17.4 Å². The van der Waals surface area contributed by atoms with Crippen LogP contribution in [0.5, 0.6) is 5.75 Å². The molecule has 1 saturated heterocycles. The minimum Gasteiger partial charge on any atom is -0.507 e. The van der Waals surface area contributed by atoms with Crippen LogP contribution in [0.2, 0.25) is 10.0 Å². The van der Waals surface area contributed by atoms with Crippen molar-refractivity contribution in [3.63, 3.8) is 0 Å². The second-order valence-electron chi connectivity index (χ2n) is 8.79. The number of rotatable bonds is 3. The van der Waals surface area contributed by atoms with Crippen LogP contribution in [0.1, 0.15) is 29.7 Å². The van der Waals surface area contributed by atoms with Crippen LogP contribution in [0.15, 0.2) is 66.2 Å². The smallest absolute Gasteiger partial charge is 0.301 e. The molecule has 3 heterocycles. The van der Waals surface area contributed by atoms with E-state index >= 15 is 0 Å². The zero-order valence-electron chi connectivity index (χ0n) is 18.9. The maximum Gasteiger partial charge on any atom is 0.301 e. The second-order valence-corrected chi connectivity index (χ2v) is 10.7. The lowest BCUT2D eigenvalue weighted by Gasteiger charge is -2.23. The van der Waals surface area contributed by atoms with Gasteiger partial charge in [0, 0.05) is 22.0 Å². The summed E-state index contributed by atoms with van der Waals surface area (Å²) in [4.78, 5) is 32.8. The molecule has 3 aromatic carbocycles. The van der Waals surface area contributed by atoms with E-state index < -0.39 is 17.7 Å². The van der Waals surface area contributed by atoms with Crippen LogP contribution in [-0.4, -0.2) is 27.9 Å². The van der Waals surface area contributed by atoms with Gasteiger partial charge in [-0.3, -0.25) is 14.5 Å². The highest BCUT2D eigenvalue weighted by molar-refractivity contribution is 7.22. The lowest BCUT2D eigenvalue weighted by molar-refractivity contribution is -0.132. The number of aromatic nitrogens is 1. The van der Waals surface area contributed by atoms with Crippen molar-refractivity contribution in [3.8, 4) is 5.75 Å². The molecular weight excluding hydrogens is 519 g/mol. The van der Waals surface area contributed by atoms with Crippen molar-refractivity contribution in [1.82, 2.24) is 4.98 Å². The Bertz CT molecular complexity index is 1610. The molecular formula is C27H18Cl2N2O4S. The van der Waals surface area contributed by atoms with Gasteiger partial charge in [-0.25, -0.2) is 4.98 Å². The predicted molar refractivity (Wildman–Crippen MR) is 141 cm³/mol. The number of benzene rings is 3. The number of halogens is 2. The first kappa shape index (κ1) is 23.0. The van der Waals surface area contributed by atoms with Gasteiger partial charge in [-0.05, 0) is 66.6 Å². The topological polar surface area (TPSA) is 79.7 Å². The second kappa shape index (κ2) is 8.62. The molecule has 0 unspecified atom stereocenters.